The van der Waals surface area contributed by atoms with Gasteiger partial charge in [-0.05, 0) is 25.8 Å². The van der Waals surface area contributed by atoms with Crippen molar-refractivity contribution in [2.75, 3.05) is 37.5 Å². The van der Waals surface area contributed by atoms with Gasteiger partial charge in [0.1, 0.15) is 23.0 Å². The molecule has 1 saturated heterocycles. The van der Waals surface area contributed by atoms with Gasteiger partial charge in [0.05, 0.1) is 30.3 Å². The zero-order valence-corrected chi connectivity index (χ0v) is 16.4. The van der Waals surface area contributed by atoms with Gasteiger partial charge in [0.2, 0.25) is 5.95 Å². The molecule has 27 heavy (non-hydrogen) atoms. The number of hydrogen-bond acceptors (Lipinski definition) is 6. The number of nitrogens with one attached hydrogen (secondary N) is 2. The van der Waals surface area contributed by atoms with E-state index < -0.39 is 0 Å². The molecule has 142 valence electrons. The standard InChI is InChI=1S/C19H22ClN5O2/c1-11-8-12-17(21-11)23-19(25-6-4-5-7-25)24-18(12)22-14-10-15(26-2)13(20)9-16(14)27-3/h8-10H,4-7H2,1-3H3,(H2,21,22,23,24). The van der Waals surface area contributed by atoms with Crippen molar-refractivity contribution < 1.29 is 9.47 Å². The van der Waals surface area contributed by atoms with Crippen molar-refractivity contribution in [3.8, 4) is 11.5 Å². The zero-order chi connectivity index (χ0) is 19.0. The maximum atomic E-state index is 6.22. The van der Waals surface area contributed by atoms with Gasteiger partial charge in [-0.3, -0.25) is 0 Å². The Morgan fingerprint density at radius 2 is 1.81 bits per heavy atom. The van der Waals surface area contributed by atoms with Crippen molar-refractivity contribution >= 4 is 40.1 Å². The lowest BCUT2D eigenvalue weighted by Crippen LogP contribution is -2.20. The van der Waals surface area contributed by atoms with Gasteiger partial charge in [-0.1, -0.05) is 11.6 Å². The number of fused-ring (bicyclic) bond motifs is 1. The van der Waals surface area contributed by atoms with E-state index in [0.29, 0.717) is 22.3 Å². The van der Waals surface area contributed by atoms with E-state index in [-0.39, 0.29) is 0 Å². The number of rotatable bonds is 5. The van der Waals surface area contributed by atoms with Crippen LogP contribution in [-0.4, -0.2) is 42.3 Å². The molecule has 4 rings (SSSR count). The molecule has 0 unspecified atom stereocenters. The topological polar surface area (TPSA) is 75.3 Å². The molecular formula is C19H22ClN5O2. The van der Waals surface area contributed by atoms with Crippen molar-refractivity contribution in [1.29, 1.82) is 0 Å². The lowest BCUT2D eigenvalue weighted by molar-refractivity contribution is 0.405. The summed E-state index contributed by atoms with van der Waals surface area (Å²) in [6.45, 7) is 3.96. The number of hydrogen-bond donors (Lipinski definition) is 2. The predicted molar refractivity (Wildman–Crippen MR) is 108 cm³/mol. The van der Waals surface area contributed by atoms with Crippen LogP contribution in [0.3, 0.4) is 0 Å². The minimum Gasteiger partial charge on any atom is -0.495 e. The van der Waals surface area contributed by atoms with Gasteiger partial charge in [0.25, 0.3) is 0 Å². The average Bonchev–Trinajstić information content (AvgIpc) is 3.31. The van der Waals surface area contributed by atoms with E-state index >= 15 is 0 Å². The first kappa shape index (κ1) is 17.7. The summed E-state index contributed by atoms with van der Waals surface area (Å²) in [6, 6.07) is 5.57. The maximum absolute atomic E-state index is 6.22. The average molecular weight is 388 g/mol. The van der Waals surface area contributed by atoms with Crippen LogP contribution in [0.1, 0.15) is 18.5 Å². The first-order valence-electron chi connectivity index (χ1n) is 8.90. The van der Waals surface area contributed by atoms with Crippen LogP contribution in [0.15, 0.2) is 18.2 Å². The molecule has 1 aliphatic rings. The summed E-state index contributed by atoms with van der Waals surface area (Å²) in [5.74, 6) is 2.62. The summed E-state index contributed by atoms with van der Waals surface area (Å²) in [7, 11) is 3.19. The van der Waals surface area contributed by atoms with Crippen molar-refractivity contribution in [2.24, 2.45) is 0 Å². The molecule has 0 bridgehead atoms. The second kappa shape index (κ2) is 7.15. The molecule has 0 saturated carbocycles. The van der Waals surface area contributed by atoms with E-state index in [1.807, 2.05) is 19.1 Å². The molecule has 7 nitrogen and oxygen atoms in total. The first-order valence-corrected chi connectivity index (χ1v) is 9.27. The molecule has 0 amide bonds. The number of nitrogens with zero attached hydrogens (tertiary/aromatic N) is 3. The van der Waals surface area contributed by atoms with E-state index in [0.717, 1.165) is 54.3 Å². The van der Waals surface area contributed by atoms with Crippen molar-refractivity contribution in [3.63, 3.8) is 0 Å². The van der Waals surface area contributed by atoms with Gasteiger partial charge in [0.15, 0.2) is 0 Å². The van der Waals surface area contributed by atoms with Crippen LogP contribution >= 0.6 is 11.6 Å². The van der Waals surface area contributed by atoms with E-state index in [4.69, 9.17) is 31.0 Å². The predicted octanol–water partition coefficient (Wildman–Crippen LogP) is 4.28. The summed E-state index contributed by atoms with van der Waals surface area (Å²) < 4.78 is 10.8. The SMILES string of the molecule is COc1cc(Nc2nc(N3CCCC3)nc3[nH]c(C)cc23)c(OC)cc1Cl. The number of methoxy groups -OCH3 is 2. The van der Waals surface area contributed by atoms with Crippen LogP contribution in [0.4, 0.5) is 17.5 Å². The summed E-state index contributed by atoms with van der Waals surface area (Å²) in [6.07, 6.45) is 2.33. The molecule has 3 aromatic rings. The van der Waals surface area contributed by atoms with Gasteiger partial charge in [-0.2, -0.15) is 9.97 Å². The minimum absolute atomic E-state index is 0.489. The number of H-pyrrole nitrogens is 1. The summed E-state index contributed by atoms with van der Waals surface area (Å²) in [5.41, 5.74) is 2.57. The van der Waals surface area contributed by atoms with Gasteiger partial charge in [-0.15, -0.1) is 0 Å². The number of aromatic amines is 1. The molecule has 1 aromatic carbocycles. The molecule has 0 spiro atoms. The van der Waals surface area contributed by atoms with Crippen molar-refractivity contribution in [1.82, 2.24) is 15.0 Å². The molecule has 3 heterocycles. The van der Waals surface area contributed by atoms with Crippen LogP contribution in [-0.2, 0) is 0 Å². The Bertz CT molecular complexity index is 982. The van der Waals surface area contributed by atoms with Crippen molar-refractivity contribution in [3.05, 3.63) is 28.9 Å². The smallest absolute Gasteiger partial charge is 0.229 e. The van der Waals surface area contributed by atoms with E-state index in [1.165, 1.54) is 0 Å². The Hall–Kier alpha value is -2.67. The fraction of sp³-hybridized carbons (Fsp3) is 0.368. The lowest BCUT2D eigenvalue weighted by Gasteiger charge is -2.18. The Morgan fingerprint density at radius 3 is 2.52 bits per heavy atom. The fourth-order valence-corrected chi connectivity index (χ4v) is 3.60. The Balaban J connectivity index is 1.81. The van der Waals surface area contributed by atoms with Crippen LogP contribution in [0.5, 0.6) is 11.5 Å². The Labute approximate surface area is 162 Å². The molecule has 2 aromatic heterocycles. The van der Waals surface area contributed by atoms with Crippen LogP contribution in [0.25, 0.3) is 11.0 Å². The molecule has 0 aliphatic carbocycles. The molecule has 1 fully saturated rings. The molecule has 0 radical (unpaired) electrons. The van der Waals surface area contributed by atoms with Gasteiger partial charge >= 0.3 is 0 Å². The maximum Gasteiger partial charge on any atom is 0.229 e. The third kappa shape index (κ3) is 3.35. The highest BCUT2D eigenvalue weighted by Crippen LogP contribution is 2.38. The molecular weight excluding hydrogens is 366 g/mol. The first-order chi connectivity index (χ1) is 13.1. The van der Waals surface area contributed by atoms with E-state index in [9.17, 15) is 0 Å². The molecule has 1 aliphatic heterocycles. The number of aromatic nitrogens is 3. The summed E-state index contributed by atoms with van der Waals surface area (Å²) >= 11 is 6.22. The third-order valence-corrected chi connectivity index (χ3v) is 5.02. The van der Waals surface area contributed by atoms with Crippen molar-refractivity contribution in [2.45, 2.75) is 19.8 Å². The van der Waals surface area contributed by atoms with E-state index in [1.54, 1.807) is 20.3 Å². The van der Waals surface area contributed by atoms with Crippen LogP contribution in [0.2, 0.25) is 5.02 Å². The second-order valence-electron chi connectivity index (χ2n) is 6.59. The largest absolute Gasteiger partial charge is 0.495 e. The monoisotopic (exact) mass is 387 g/mol. The van der Waals surface area contributed by atoms with Crippen LogP contribution in [0, 0.1) is 6.92 Å². The Kier molecular flexibility index (Phi) is 4.70. The number of anilines is 3. The van der Waals surface area contributed by atoms with Gasteiger partial charge in [0, 0.05) is 30.9 Å². The lowest BCUT2D eigenvalue weighted by atomic mass is 10.2. The Morgan fingerprint density at radius 1 is 1.07 bits per heavy atom. The number of benzene rings is 1. The van der Waals surface area contributed by atoms with Crippen LogP contribution < -0.4 is 19.7 Å². The number of ether oxygens (including phenoxy) is 2. The minimum atomic E-state index is 0.489. The second-order valence-corrected chi connectivity index (χ2v) is 7.00. The quantitative estimate of drug-likeness (QED) is 0.680. The third-order valence-electron chi connectivity index (χ3n) is 4.73. The number of halogens is 1. The summed E-state index contributed by atoms with van der Waals surface area (Å²) in [5, 5.41) is 4.80. The zero-order valence-electron chi connectivity index (χ0n) is 15.6. The van der Waals surface area contributed by atoms with Gasteiger partial charge in [-0.25, -0.2) is 0 Å². The number of aryl methyl sites for hydroxylation is 1. The molecule has 8 heteroatoms. The highest BCUT2D eigenvalue weighted by molar-refractivity contribution is 6.32. The van der Waals surface area contributed by atoms with Gasteiger partial charge < -0.3 is 24.7 Å². The summed E-state index contributed by atoms with van der Waals surface area (Å²) in [4.78, 5) is 15.0. The normalized spacial score (nSPS) is 14.0. The van der Waals surface area contributed by atoms with E-state index in [2.05, 4.69) is 15.2 Å². The highest BCUT2D eigenvalue weighted by Gasteiger charge is 2.19. The molecule has 2 N–H and O–H groups in total. The molecule has 0 atom stereocenters. The highest BCUT2D eigenvalue weighted by atomic mass is 35.5. The fourth-order valence-electron chi connectivity index (χ4n) is 3.37.